The summed E-state index contributed by atoms with van der Waals surface area (Å²) < 4.78 is 8.70. The molecule has 0 spiro atoms. The van der Waals surface area contributed by atoms with Crippen molar-refractivity contribution in [1.29, 1.82) is 0 Å². The third kappa shape index (κ3) is 6.21. The van der Waals surface area contributed by atoms with Gasteiger partial charge in [0.25, 0.3) is 0 Å². The Morgan fingerprint density at radius 3 is 2.67 bits per heavy atom. The molecule has 0 aliphatic carbocycles. The fourth-order valence-corrected chi connectivity index (χ4v) is 3.80. The van der Waals surface area contributed by atoms with Crippen LogP contribution in [-0.4, -0.2) is 26.4 Å². The number of hydrogen-bond donors (Lipinski definition) is 1. The molecule has 0 bridgehead atoms. The van der Waals surface area contributed by atoms with E-state index in [-0.39, 0.29) is 24.3 Å². The number of nitrogens with one attached hydrogen (secondary N) is 1. The van der Waals surface area contributed by atoms with Crippen molar-refractivity contribution in [3.63, 3.8) is 0 Å². The van der Waals surface area contributed by atoms with E-state index in [1.165, 1.54) is 11.8 Å². The first-order chi connectivity index (χ1) is 14.6. The number of rotatable bonds is 10. The van der Waals surface area contributed by atoms with E-state index >= 15 is 0 Å². The van der Waals surface area contributed by atoms with Crippen molar-refractivity contribution in [3.05, 3.63) is 83.1 Å². The van der Waals surface area contributed by atoms with Crippen molar-refractivity contribution < 1.29 is 9.53 Å². The summed E-state index contributed by atoms with van der Waals surface area (Å²) in [5.41, 5.74) is 1.07. The number of nitrogens with zero attached hydrogens (tertiary/aromatic N) is 3. The first-order valence-corrected chi connectivity index (χ1v) is 11.2. The van der Waals surface area contributed by atoms with Crippen LogP contribution in [0.5, 0.6) is 5.75 Å². The Balaban J connectivity index is 1.58. The molecule has 0 fully saturated rings. The molecule has 3 rings (SSSR count). The lowest BCUT2D eigenvalue weighted by Gasteiger charge is -2.14. The van der Waals surface area contributed by atoms with Gasteiger partial charge < -0.3 is 10.1 Å². The number of benzene rings is 2. The summed E-state index contributed by atoms with van der Waals surface area (Å²) in [6, 6.07) is 17.4. The summed E-state index contributed by atoms with van der Waals surface area (Å²) in [6.07, 6.45) is 1.77. The van der Waals surface area contributed by atoms with Gasteiger partial charge in [0.2, 0.25) is 5.91 Å². The number of thioether (sulfide) groups is 1. The number of halogens is 1. The molecule has 1 atom stereocenters. The van der Waals surface area contributed by atoms with Crippen LogP contribution in [0, 0.1) is 0 Å². The minimum atomic E-state index is -0.0582. The standard InChI is InChI=1S/C22H23BrN4O2S/c1-3-13-27-20(14-29-19-11-9-18(23)10-12-19)25-26-22(27)30-15-21(28)24-16(2)17-7-5-4-6-8-17/h3-12,16H,1,13-15H2,2H3,(H,24,28). The number of aromatic nitrogens is 3. The van der Waals surface area contributed by atoms with Crippen molar-refractivity contribution in [1.82, 2.24) is 20.1 Å². The van der Waals surface area contributed by atoms with Crippen LogP contribution in [0.2, 0.25) is 0 Å². The van der Waals surface area contributed by atoms with Crippen molar-refractivity contribution >= 4 is 33.6 Å². The second-order valence-corrected chi connectivity index (χ2v) is 8.39. The fourth-order valence-electron chi connectivity index (χ4n) is 2.76. The van der Waals surface area contributed by atoms with E-state index in [0.717, 1.165) is 15.8 Å². The van der Waals surface area contributed by atoms with Crippen molar-refractivity contribution in [2.24, 2.45) is 0 Å². The molecule has 0 radical (unpaired) electrons. The highest BCUT2D eigenvalue weighted by Crippen LogP contribution is 2.20. The molecule has 2 aromatic carbocycles. The lowest BCUT2D eigenvalue weighted by molar-refractivity contribution is -0.119. The minimum absolute atomic E-state index is 0.0554. The maximum absolute atomic E-state index is 12.4. The van der Waals surface area contributed by atoms with Crippen LogP contribution in [0.25, 0.3) is 0 Å². The van der Waals surface area contributed by atoms with E-state index in [4.69, 9.17) is 4.74 Å². The van der Waals surface area contributed by atoms with Gasteiger partial charge in [0, 0.05) is 11.0 Å². The molecule has 6 nitrogen and oxygen atoms in total. The minimum Gasteiger partial charge on any atom is -0.486 e. The maximum atomic E-state index is 12.4. The number of carbonyl (C=O) groups excluding carboxylic acids is 1. The topological polar surface area (TPSA) is 69.0 Å². The van der Waals surface area contributed by atoms with E-state index in [1.54, 1.807) is 6.08 Å². The van der Waals surface area contributed by atoms with Gasteiger partial charge in [-0.15, -0.1) is 16.8 Å². The highest BCUT2D eigenvalue weighted by atomic mass is 79.9. The average Bonchev–Trinajstić information content (AvgIpc) is 3.14. The van der Waals surface area contributed by atoms with Crippen LogP contribution in [0.15, 0.2) is 76.9 Å². The predicted molar refractivity (Wildman–Crippen MR) is 122 cm³/mol. The van der Waals surface area contributed by atoms with Crippen molar-refractivity contribution in [2.75, 3.05) is 5.75 Å². The smallest absolute Gasteiger partial charge is 0.230 e. The van der Waals surface area contributed by atoms with Crippen molar-refractivity contribution in [3.8, 4) is 5.75 Å². The molecule has 156 valence electrons. The molecule has 1 amide bonds. The Morgan fingerprint density at radius 1 is 1.23 bits per heavy atom. The molecule has 1 unspecified atom stereocenters. The Bertz CT molecular complexity index is 977. The molecular weight excluding hydrogens is 464 g/mol. The molecule has 0 aliphatic rings. The maximum Gasteiger partial charge on any atom is 0.230 e. The average molecular weight is 487 g/mol. The number of hydrogen-bond acceptors (Lipinski definition) is 5. The van der Waals surface area contributed by atoms with Gasteiger partial charge >= 0.3 is 0 Å². The van der Waals surface area contributed by atoms with Gasteiger partial charge in [-0.25, -0.2) is 0 Å². The van der Waals surface area contributed by atoms with Crippen LogP contribution in [-0.2, 0) is 17.9 Å². The molecule has 8 heteroatoms. The van der Waals surface area contributed by atoms with Crippen LogP contribution >= 0.6 is 27.7 Å². The highest BCUT2D eigenvalue weighted by Gasteiger charge is 2.15. The van der Waals surface area contributed by atoms with Crippen molar-refractivity contribution in [2.45, 2.75) is 31.3 Å². The van der Waals surface area contributed by atoms with E-state index in [9.17, 15) is 4.79 Å². The molecule has 1 heterocycles. The Hall–Kier alpha value is -2.58. The number of ether oxygens (including phenoxy) is 1. The normalized spacial score (nSPS) is 11.7. The first kappa shape index (κ1) is 22.1. The van der Waals surface area contributed by atoms with E-state index in [0.29, 0.717) is 17.5 Å². The SMILES string of the molecule is C=CCn1c(COc2ccc(Br)cc2)nnc1SCC(=O)NC(C)c1ccccc1. The Morgan fingerprint density at radius 2 is 1.97 bits per heavy atom. The fraction of sp³-hybridized carbons (Fsp3) is 0.227. The van der Waals surface area contributed by atoms with Gasteiger partial charge in [-0.05, 0) is 36.8 Å². The first-order valence-electron chi connectivity index (χ1n) is 9.45. The Kier molecular flexibility index (Phi) is 8.10. The predicted octanol–water partition coefficient (Wildman–Crippen LogP) is 4.78. The molecule has 1 aromatic heterocycles. The lowest BCUT2D eigenvalue weighted by atomic mass is 10.1. The van der Waals surface area contributed by atoms with E-state index in [2.05, 4.69) is 38.0 Å². The largest absolute Gasteiger partial charge is 0.486 e. The zero-order valence-electron chi connectivity index (χ0n) is 16.6. The van der Waals surface area contributed by atoms with Gasteiger partial charge in [-0.2, -0.15) is 0 Å². The third-order valence-electron chi connectivity index (χ3n) is 4.30. The van der Waals surface area contributed by atoms with E-state index < -0.39 is 0 Å². The molecule has 1 N–H and O–H groups in total. The lowest BCUT2D eigenvalue weighted by Crippen LogP contribution is -2.28. The quantitative estimate of drug-likeness (QED) is 0.330. The van der Waals surface area contributed by atoms with Crippen LogP contribution < -0.4 is 10.1 Å². The van der Waals surface area contributed by atoms with Gasteiger partial charge in [0.05, 0.1) is 11.8 Å². The summed E-state index contributed by atoms with van der Waals surface area (Å²) >= 11 is 4.75. The van der Waals surface area contributed by atoms with Gasteiger partial charge in [0.15, 0.2) is 11.0 Å². The number of amides is 1. The second-order valence-electron chi connectivity index (χ2n) is 6.53. The summed E-state index contributed by atoms with van der Waals surface area (Å²) in [5, 5.41) is 12.1. The number of carbonyl (C=O) groups is 1. The third-order valence-corrected chi connectivity index (χ3v) is 5.79. The summed E-state index contributed by atoms with van der Waals surface area (Å²) in [6.45, 7) is 6.59. The van der Waals surface area contributed by atoms with Crippen LogP contribution in [0.3, 0.4) is 0 Å². The summed E-state index contributed by atoms with van der Waals surface area (Å²) in [5.74, 6) is 1.62. The van der Waals surface area contributed by atoms with Crippen LogP contribution in [0.1, 0.15) is 24.4 Å². The monoisotopic (exact) mass is 486 g/mol. The summed E-state index contributed by atoms with van der Waals surface area (Å²) in [4.78, 5) is 12.4. The van der Waals surface area contributed by atoms with E-state index in [1.807, 2.05) is 66.1 Å². The molecule has 0 saturated heterocycles. The molecule has 30 heavy (non-hydrogen) atoms. The Labute approximate surface area is 188 Å². The molecular formula is C22H23BrN4O2S. The number of allylic oxidation sites excluding steroid dienone is 1. The van der Waals surface area contributed by atoms with Gasteiger partial charge in [-0.1, -0.05) is 64.1 Å². The zero-order valence-corrected chi connectivity index (χ0v) is 19.0. The van der Waals surface area contributed by atoms with Gasteiger partial charge in [0.1, 0.15) is 12.4 Å². The molecule has 3 aromatic rings. The zero-order chi connectivity index (χ0) is 21.3. The highest BCUT2D eigenvalue weighted by molar-refractivity contribution is 9.10. The molecule has 0 aliphatic heterocycles. The van der Waals surface area contributed by atoms with Gasteiger partial charge in [-0.3, -0.25) is 9.36 Å². The van der Waals surface area contributed by atoms with Crippen LogP contribution in [0.4, 0.5) is 0 Å². The second kappa shape index (κ2) is 11.0. The molecule has 0 saturated carbocycles. The summed E-state index contributed by atoms with van der Waals surface area (Å²) in [7, 11) is 0.